The third-order valence-electron chi connectivity index (χ3n) is 5.22. The Kier molecular flexibility index (Phi) is 7.44. The summed E-state index contributed by atoms with van der Waals surface area (Å²) in [5, 5.41) is 9.12. The Morgan fingerprint density at radius 3 is 2.00 bits per heavy atom. The fourth-order valence-corrected chi connectivity index (χ4v) is 3.33. The third-order valence-corrected chi connectivity index (χ3v) is 5.22. The second-order valence-corrected chi connectivity index (χ2v) is 7.49. The van der Waals surface area contributed by atoms with Crippen molar-refractivity contribution < 1.29 is 41.4 Å². The van der Waals surface area contributed by atoms with E-state index in [0.717, 1.165) is 7.11 Å². The van der Waals surface area contributed by atoms with Crippen molar-refractivity contribution in [3.8, 4) is 6.07 Å². The number of carbonyl (C=O) groups is 2. The number of esters is 2. The summed E-state index contributed by atoms with van der Waals surface area (Å²) in [5.74, 6) is -9.78. The molecule has 6 nitrogen and oxygen atoms in total. The van der Waals surface area contributed by atoms with Crippen molar-refractivity contribution in [2.75, 3.05) is 13.7 Å². The van der Waals surface area contributed by atoms with E-state index in [2.05, 4.69) is 4.74 Å². The van der Waals surface area contributed by atoms with Gasteiger partial charge in [0.15, 0.2) is 23.3 Å². The third kappa shape index (κ3) is 4.71. The highest BCUT2D eigenvalue weighted by Crippen LogP contribution is 2.60. The molecule has 2 atom stereocenters. The van der Waals surface area contributed by atoms with Crippen molar-refractivity contribution in [1.82, 2.24) is 0 Å². The summed E-state index contributed by atoms with van der Waals surface area (Å²) in [6, 6.07) is 1.70. The maximum atomic E-state index is 14.2. The van der Waals surface area contributed by atoms with Crippen LogP contribution in [-0.4, -0.2) is 25.7 Å². The van der Waals surface area contributed by atoms with Crippen LogP contribution in [0.15, 0.2) is 11.6 Å². The van der Waals surface area contributed by atoms with Gasteiger partial charge in [-0.25, -0.2) is 22.4 Å². The molecule has 0 amide bonds. The standard InChI is InChI=1S/C21H21F4NO5/c1-5-30-19(27)10(7-26)6-13-14(21(13,2)3)20(28)31-9-12-17(24)15(22)11(8-29-4)16(23)18(12)25/h6,13-14H,5,8-9H2,1-4H3. The van der Waals surface area contributed by atoms with E-state index >= 15 is 0 Å². The zero-order chi connectivity index (χ0) is 23.5. The number of carbonyl (C=O) groups excluding carboxylic acids is 2. The van der Waals surface area contributed by atoms with Crippen molar-refractivity contribution in [2.24, 2.45) is 17.3 Å². The zero-order valence-corrected chi connectivity index (χ0v) is 17.4. The number of nitrogens with zero attached hydrogens (tertiary/aromatic N) is 1. The molecule has 1 aromatic rings. The summed E-state index contributed by atoms with van der Waals surface area (Å²) in [6.07, 6.45) is 1.28. The van der Waals surface area contributed by atoms with E-state index in [1.54, 1.807) is 26.8 Å². The van der Waals surface area contributed by atoms with Gasteiger partial charge in [0, 0.05) is 7.11 Å². The molecule has 2 rings (SSSR count). The molecule has 0 aliphatic heterocycles. The largest absolute Gasteiger partial charge is 0.462 e. The summed E-state index contributed by atoms with van der Waals surface area (Å²) < 4.78 is 70.6. The van der Waals surface area contributed by atoms with Crippen LogP contribution < -0.4 is 0 Å². The van der Waals surface area contributed by atoms with Gasteiger partial charge in [-0.3, -0.25) is 4.79 Å². The highest BCUT2D eigenvalue weighted by Gasteiger charge is 2.62. The Bertz CT molecular complexity index is 938. The molecule has 1 aromatic carbocycles. The SMILES string of the molecule is CCOC(=O)C(C#N)=CC1C(C(=O)OCc2c(F)c(F)c(COC)c(F)c2F)C1(C)C. The van der Waals surface area contributed by atoms with Crippen LogP contribution >= 0.6 is 0 Å². The quantitative estimate of drug-likeness (QED) is 0.200. The molecule has 168 valence electrons. The molecule has 1 aliphatic rings. The van der Waals surface area contributed by atoms with Gasteiger partial charge < -0.3 is 14.2 Å². The molecule has 0 bridgehead atoms. The molecule has 0 aromatic heterocycles. The lowest BCUT2D eigenvalue weighted by atomic mass is 10.1. The van der Waals surface area contributed by atoms with Crippen molar-refractivity contribution in [3.05, 3.63) is 46.0 Å². The average molecular weight is 443 g/mol. The number of hydrogen-bond acceptors (Lipinski definition) is 6. The molecular formula is C21H21F4NO5. The van der Waals surface area contributed by atoms with Crippen molar-refractivity contribution >= 4 is 11.9 Å². The van der Waals surface area contributed by atoms with Gasteiger partial charge in [0.05, 0.1) is 30.3 Å². The minimum absolute atomic E-state index is 0.0603. The Labute approximate surface area is 176 Å². The number of halogens is 4. The second kappa shape index (κ2) is 9.47. The van der Waals surface area contributed by atoms with Crippen molar-refractivity contribution in [3.63, 3.8) is 0 Å². The number of rotatable bonds is 8. The van der Waals surface area contributed by atoms with Crippen LogP contribution in [0, 0.1) is 51.9 Å². The Morgan fingerprint density at radius 1 is 1.03 bits per heavy atom. The minimum Gasteiger partial charge on any atom is -0.462 e. The van der Waals surface area contributed by atoms with Gasteiger partial charge in [0.1, 0.15) is 18.2 Å². The van der Waals surface area contributed by atoms with Crippen LogP contribution in [0.25, 0.3) is 0 Å². The van der Waals surface area contributed by atoms with E-state index in [1.165, 1.54) is 6.08 Å². The van der Waals surface area contributed by atoms with Gasteiger partial charge in [-0.2, -0.15) is 5.26 Å². The van der Waals surface area contributed by atoms with E-state index in [0.29, 0.717) is 0 Å². The van der Waals surface area contributed by atoms with E-state index in [-0.39, 0.29) is 12.2 Å². The number of allylic oxidation sites excluding steroid dienone is 1. The van der Waals surface area contributed by atoms with E-state index in [4.69, 9.17) is 14.7 Å². The Morgan fingerprint density at radius 2 is 1.55 bits per heavy atom. The van der Waals surface area contributed by atoms with Crippen molar-refractivity contribution in [1.29, 1.82) is 5.26 Å². The summed E-state index contributed by atoms with van der Waals surface area (Å²) in [4.78, 5) is 24.2. The number of benzene rings is 1. The first-order chi connectivity index (χ1) is 14.5. The fraction of sp³-hybridized carbons (Fsp3) is 0.476. The van der Waals surface area contributed by atoms with Gasteiger partial charge in [0.25, 0.3) is 0 Å². The molecule has 0 radical (unpaired) electrons. The van der Waals surface area contributed by atoms with Gasteiger partial charge in [-0.15, -0.1) is 0 Å². The molecule has 10 heteroatoms. The van der Waals surface area contributed by atoms with Gasteiger partial charge in [-0.1, -0.05) is 19.9 Å². The van der Waals surface area contributed by atoms with E-state index in [1.807, 2.05) is 0 Å². The van der Waals surface area contributed by atoms with E-state index < -0.39 is 76.8 Å². The Balaban J connectivity index is 2.19. The summed E-state index contributed by atoms with van der Waals surface area (Å²) >= 11 is 0. The maximum Gasteiger partial charge on any atom is 0.348 e. The smallest absolute Gasteiger partial charge is 0.348 e. The lowest BCUT2D eigenvalue weighted by molar-refractivity contribution is -0.147. The number of nitriles is 1. The van der Waals surface area contributed by atoms with Gasteiger partial charge >= 0.3 is 11.9 Å². The first-order valence-corrected chi connectivity index (χ1v) is 9.31. The van der Waals surface area contributed by atoms with Crippen LogP contribution in [0.2, 0.25) is 0 Å². The Hall–Kier alpha value is -2.93. The van der Waals surface area contributed by atoms with Gasteiger partial charge in [-0.05, 0) is 18.3 Å². The first kappa shape index (κ1) is 24.3. The zero-order valence-electron chi connectivity index (χ0n) is 17.4. The predicted molar refractivity (Wildman–Crippen MR) is 97.9 cm³/mol. The van der Waals surface area contributed by atoms with Crippen molar-refractivity contribution in [2.45, 2.75) is 34.0 Å². The van der Waals surface area contributed by atoms with Crippen LogP contribution in [0.5, 0.6) is 0 Å². The fourth-order valence-electron chi connectivity index (χ4n) is 3.33. The topological polar surface area (TPSA) is 85.6 Å². The maximum absolute atomic E-state index is 14.2. The number of hydrogen-bond donors (Lipinski definition) is 0. The van der Waals surface area contributed by atoms with E-state index in [9.17, 15) is 27.2 Å². The molecular weight excluding hydrogens is 422 g/mol. The normalized spacial score (nSPS) is 19.5. The molecule has 0 heterocycles. The molecule has 0 spiro atoms. The number of methoxy groups -OCH3 is 1. The van der Waals surface area contributed by atoms with Gasteiger partial charge in [0.2, 0.25) is 0 Å². The van der Waals surface area contributed by atoms with Crippen LogP contribution in [0.4, 0.5) is 17.6 Å². The average Bonchev–Trinajstić information content (AvgIpc) is 3.27. The second-order valence-electron chi connectivity index (χ2n) is 7.49. The molecule has 0 saturated heterocycles. The molecule has 1 saturated carbocycles. The minimum atomic E-state index is -1.68. The molecule has 0 N–H and O–H groups in total. The summed E-state index contributed by atoms with van der Waals surface area (Å²) in [5.41, 5.74) is -2.99. The molecule has 1 aliphatic carbocycles. The molecule has 31 heavy (non-hydrogen) atoms. The lowest BCUT2D eigenvalue weighted by Gasteiger charge is -2.12. The van der Waals surface area contributed by atoms with Crippen LogP contribution in [-0.2, 0) is 37.0 Å². The first-order valence-electron chi connectivity index (χ1n) is 9.31. The van der Waals surface area contributed by atoms with Crippen LogP contribution in [0.1, 0.15) is 31.9 Å². The molecule has 2 unspecified atom stereocenters. The monoisotopic (exact) mass is 443 g/mol. The highest BCUT2D eigenvalue weighted by atomic mass is 19.2. The molecule has 1 fully saturated rings. The predicted octanol–water partition coefficient (Wildman–Crippen LogP) is 3.72. The summed E-state index contributed by atoms with van der Waals surface area (Å²) in [7, 11) is 1.10. The summed E-state index contributed by atoms with van der Waals surface area (Å²) in [6.45, 7) is 3.24. The van der Waals surface area contributed by atoms with Crippen LogP contribution in [0.3, 0.4) is 0 Å². The number of ether oxygens (including phenoxy) is 3. The lowest BCUT2D eigenvalue weighted by Crippen LogP contribution is -2.15. The highest BCUT2D eigenvalue weighted by molar-refractivity contribution is 5.93.